The summed E-state index contributed by atoms with van der Waals surface area (Å²) in [6, 6.07) is 5.06. The molecule has 8 nitrogen and oxygen atoms in total. The van der Waals surface area contributed by atoms with Crippen molar-refractivity contribution in [2.45, 2.75) is 51.5 Å². The van der Waals surface area contributed by atoms with Gasteiger partial charge in [-0.25, -0.2) is 0 Å². The highest BCUT2D eigenvalue weighted by Gasteiger charge is 2.26. The predicted molar refractivity (Wildman–Crippen MR) is 124 cm³/mol. The Morgan fingerprint density at radius 1 is 1.12 bits per heavy atom. The summed E-state index contributed by atoms with van der Waals surface area (Å²) >= 11 is 0. The smallest absolute Gasteiger partial charge is 0.274 e. The van der Waals surface area contributed by atoms with Crippen LogP contribution in [0.4, 0.5) is 0 Å². The van der Waals surface area contributed by atoms with Crippen LogP contribution in [0, 0.1) is 6.92 Å². The fourth-order valence-corrected chi connectivity index (χ4v) is 5.20. The molecule has 1 saturated carbocycles. The Morgan fingerprint density at radius 2 is 1.91 bits per heavy atom. The van der Waals surface area contributed by atoms with E-state index in [4.69, 9.17) is 4.42 Å². The third-order valence-corrected chi connectivity index (χ3v) is 7.00. The summed E-state index contributed by atoms with van der Waals surface area (Å²) in [5.41, 5.74) is 4.87. The topological polar surface area (TPSA) is 102 Å². The van der Waals surface area contributed by atoms with Crippen molar-refractivity contribution in [3.05, 3.63) is 50.7 Å². The number of benzene rings is 1. The fraction of sp³-hybridized carbons (Fsp3) is 0.375. The highest BCUT2D eigenvalue weighted by atomic mass is 16.3. The van der Waals surface area contributed by atoms with E-state index in [0.717, 1.165) is 59.1 Å². The van der Waals surface area contributed by atoms with Crippen molar-refractivity contribution in [2.24, 2.45) is 7.05 Å². The molecule has 4 heterocycles. The second-order valence-corrected chi connectivity index (χ2v) is 8.91. The average Bonchev–Trinajstić information content (AvgIpc) is 3.31. The Bertz CT molecular complexity index is 1600. The number of rotatable bonds is 2. The lowest BCUT2D eigenvalue weighted by atomic mass is 10.0. The molecule has 2 N–H and O–H groups in total. The molecular formula is C24H25N5O3. The van der Waals surface area contributed by atoms with Gasteiger partial charge in [0.05, 0.1) is 23.1 Å². The molecule has 1 fully saturated rings. The first kappa shape index (κ1) is 19.2. The maximum Gasteiger partial charge on any atom is 0.274 e. The van der Waals surface area contributed by atoms with E-state index in [0.29, 0.717) is 16.6 Å². The number of nitrogens with one attached hydrogen (secondary N) is 2. The zero-order chi connectivity index (χ0) is 22.0. The van der Waals surface area contributed by atoms with E-state index in [1.54, 1.807) is 23.0 Å². The van der Waals surface area contributed by atoms with Gasteiger partial charge in [0.25, 0.3) is 5.56 Å². The first-order valence-electron chi connectivity index (χ1n) is 11.2. The van der Waals surface area contributed by atoms with Gasteiger partial charge in [0.2, 0.25) is 0 Å². The number of H-pyrrole nitrogens is 2. The quantitative estimate of drug-likeness (QED) is 0.401. The zero-order valence-electron chi connectivity index (χ0n) is 18.2. The largest absolute Gasteiger partial charge is 0.454 e. The zero-order valence-corrected chi connectivity index (χ0v) is 18.2. The minimum absolute atomic E-state index is 0.110. The van der Waals surface area contributed by atoms with E-state index in [9.17, 15) is 9.59 Å². The third kappa shape index (κ3) is 2.71. The maximum atomic E-state index is 13.3. The van der Waals surface area contributed by atoms with E-state index in [2.05, 4.69) is 15.2 Å². The Balaban J connectivity index is 1.77. The number of aromatic nitrogens is 5. The molecule has 5 aromatic rings. The normalized spacial score (nSPS) is 15.8. The van der Waals surface area contributed by atoms with E-state index in [1.165, 1.54) is 18.9 Å². The minimum atomic E-state index is -0.148. The molecule has 32 heavy (non-hydrogen) atoms. The van der Waals surface area contributed by atoms with Crippen molar-refractivity contribution in [1.29, 1.82) is 0 Å². The van der Waals surface area contributed by atoms with Crippen LogP contribution in [-0.4, -0.2) is 24.5 Å². The molecule has 4 aromatic heterocycles. The predicted octanol–water partition coefficient (Wildman–Crippen LogP) is 4.52. The summed E-state index contributed by atoms with van der Waals surface area (Å²) in [6.07, 6.45) is 8.64. The van der Waals surface area contributed by atoms with Crippen molar-refractivity contribution in [2.75, 3.05) is 0 Å². The molecule has 6 rings (SSSR count). The van der Waals surface area contributed by atoms with Crippen LogP contribution in [0.3, 0.4) is 0 Å². The highest BCUT2D eigenvalue weighted by molar-refractivity contribution is 6.14. The van der Waals surface area contributed by atoms with Gasteiger partial charge < -0.3 is 9.40 Å². The molecule has 0 unspecified atom stereocenters. The summed E-state index contributed by atoms with van der Waals surface area (Å²) in [7, 11) is 1.88. The van der Waals surface area contributed by atoms with Crippen LogP contribution >= 0.6 is 0 Å². The standard InChI is InChI=1S/C24H25N5O3/c1-13-17(12-25-28(13)2)19-20-23(29(27-24(20)31)14-7-5-3-4-6-8-14)26-21-16-10-9-15(30)11-18(16)32-22(19)21/h9-12,14,26H,3-8H2,1-2H3,(H,27,31). The molecule has 0 saturated heterocycles. The van der Waals surface area contributed by atoms with Gasteiger partial charge in [-0.3, -0.25) is 24.1 Å². The molecule has 0 amide bonds. The molecule has 0 atom stereocenters. The second kappa shape index (κ2) is 6.98. The maximum absolute atomic E-state index is 13.3. The van der Waals surface area contributed by atoms with Gasteiger partial charge in [-0.2, -0.15) is 5.10 Å². The Morgan fingerprint density at radius 3 is 2.62 bits per heavy atom. The number of aromatic amines is 2. The SMILES string of the molecule is Cc1c(-c2c3oc4cc(=O)ccc4c3[nH]c3c2c(=O)[nH]n3C2CCCCCC2)cnn1C. The summed E-state index contributed by atoms with van der Waals surface area (Å²) in [5.74, 6) is 0. The number of fused-ring (bicyclic) bond motifs is 4. The lowest BCUT2D eigenvalue weighted by molar-refractivity contribution is 0.413. The Hall–Kier alpha value is -3.55. The van der Waals surface area contributed by atoms with Crippen molar-refractivity contribution < 1.29 is 4.42 Å². The van der Waals surface area contributed by atoms with Gasteiger partial charge >= 0.3 is 0 Å². The monoisotopic (exact) mass is 431 g/mol. The molecular weight excluding hydrogens is 406 g/mol. The van der Waals surface area contributed by atoms with Crippen molar-refractivity contribution in [3.8, 4) is 11.1 Å². The lowest BCUT2D eigenvalue weighted by Crippen LogP contribution is -2.13. The highest BCUT2D eigenvalue weighted by Crippen LogP contribution is 2.40. The first-order chi connectivity index (χ1) is 15.5. The van der Waals surface area contributed by atoms with Crippen molar-refractivity contribution in [1.82, 2.24) is 24.5 Å². The van der Waals surface area contributed by atoms with E-state index < -0.39 is 0 Å². The van der Waals surface area contributed by atoms with Gasteiger partial charge in [-0.05, 0) is 31.9 Å². The van der Waals surface area contributed by atoms with Crippen LogP contribution in [0.1, 0.15) is 50.3 Å². The third-order valence-electron chi connectivity index (χ3n) is 7.00. The average molecular weight is 431 g/mol. The Kier molecular flexibility index (Phi) is 4.18. The lowest BCUT2D eigenvalue weighted by Gasteiger charge is -2.17. The molecule has 0 radical (unpaired) electrons. The molecule has 8 heteroatoms. The summed E-state index contributed by atoms with van der Waals surface area (Å²) in [5, 5.41) is 8.92. The Labute approximate surface area is 182 Å². The first-order valence-corrected chi connectivity index (χ1v) is 11.2. The van der Waals surface area contributed by atoms with Gasteiger partial charge in [0, 0.05) is 35.3 Å². The van der Waals surface area contributed by atoms with Crippen molar-refractivity contribution >= 4 is 33.1 Å². The number of aryl methyl sites for hydroxylation is 1. The van der Waals surface area contributed by atoms with Crippen molar-refractivity contribution in [3.63, 3.8) is 0 Å². The van der Waals surface area contributed by atoms with E-state index in [-0.39, 0.29) is 17.0 Å². The molecule has 1 aliphatic rings. The summed E-state index contributed by atoms with van der Waals surface area (Å²) in [6.45, 7) is 1.98. The number of hydrogen-bond acceptors (Lipinski definition) is 4. The van der Waals surface area contributed by atoms with E-state index in [1.807, 2.05) is 18.7 Å². The molecule has 0 spiro atoms. The number of pyridine rings is 1. The minimum Gasteiger partial charge on any atom is -0.454 e. The summed E-state index contributed by atoms with van der Waals surface area (Å²) in [4.78, 5) is 28.8. The second-order valence-electron chi connectivity index (χ2n) is 8.91. The fourth-order valence-electron chi connectivity index (χ4n) is 5.20. The van der Waals surface area contributed by atoms with E-state index >= 15 is 0 Å². The number of nitrogens with zero attached hydrogens (tertiary/aromatic N) is 3. The van der Waals surface area contributed by atoms with Crippen LogP contribution in [0.15, 0.2) is 38.4 Å². The number of hydrogen-bond donors (Lipinski definition) is 2. The van der Waals surface area contributed by atoms with Gasteiger partial charge in [-0.1, -0.05) is 25.7 Å². The molecule has 1 aromatic carbocycles. The molecule has 164 valence electrons. The van der Waals surface area contributed by atoms with Gasteiger partial charge in [0.15, 0.2) is 11.0 Å². The van der Waals surface area contributed by atoms with Crippen LogP contribution in [-0.2, 0) is 7.05 Å². The van der Waals surface area contributed by atoms with Gasteiger partial charge in [0.1, 0.15) is 11.2 Å². The number of furan rings is 1. The van der Waals surface area contributed by atoms with Crippen LogP contribution in [0.2, 0.25) is 0 Å². The molecule has 0 bridgehead atoms. The molecule has 0 aliphatic heterocycles. The summed E-state index contributed by atoms with van der Waals surface area (Å²) < 4.78 is 10.0. The molecule has 1 aliphatic carbocycles. The van der Waals surface area contributed by atoms with Crippen LogP contribution in [0.25, 0.3) is 44.2 Å². The van der Waals surface area contributed by atoms with Gasteiger partial charge in [-0.15, -0.1) is 0 Å². The van der Waals surface area contributed by atoms with Crippen LogP contribution in [0.5, 0.6) is 0 Å². The van der Waals surface area contributed by atoms with Crippen LogP contribution < -0.4 is 11.0 Å².